The molecule has 0 saturated carbocycles. The molecule has 6 heteroatoms. The van der Waals surface area contributed by atoms with Gasteiger partial charge >= 0.3 is 0 Å². The van der Waals surface area contributed by atoms with Crippen LogP contribution in [0.3, 0.4) is 0 Å². The molecule has 2 aromatic carbocycles. The van der Waals surface area contributed by atoms with E-state index in [9.17, 15) is 8.42 Å². The average molecular weight is 373 g/mol. The van der Waals surface area contributed by atoms with Gasteiger partial charge in [-0.2, -0.15) is 0 Å². The van der Waals surface area contributed by atoms with Crippen LogP contribution in [0, 0.1) is 0 Å². The van der Waals surface area contributed by atoms with Crippen LogP contribution in [0.1, 0.15) is 11.6 Å². The maximum Gasteiger partial charge on any atom is 0.181 e. The highest BCUT2D eigenvalue weighted by atomic mass is 79.9. The van der Waals surface area contributed by atoms with Crippen LogP contribution in [0.5, 0.6) is 0 Å². The Morgan fingerprint density at radius 2 is 1.95 bits per heavy atom. The molecular formula is C14H11BrClNO2S. The number of rotatable bonds is 2. The lowest BCUT2D eigenvalue weighted by Gasteiger charge is -2.15. The Labute approximate surface area is 131 Å². The third-order valence-corrected chi connectivity index (χ3v) is 5.90. The summed E-state index contributed by atoms with van der Waals surface area (Å²) in [5.41, 5.74) is 1.53. The fourth-order valence-electron chi connectivity index (χ4n) is 2.36. The van der Waals surface area contributed by atoms with E-state index in [1.165, 1.54) is 0 Å². The van der Waals surface area contributed by atoms with Gasteiger partial charge in [0.05, 0.1) is 27.4 Å². The Bertz CT molecular complexity index is 776. The molecule has 1 atom stereocenters. The first-order valence-electron chi connectivity index (χ1n) is 6.01. The Morgan fingerprint density at radius 1 is 1.20 bits per heavy atom. The quantitative estimate of drug-likeness (QED) is 0.865. The van der Waals surface area contributed by atoms with Gasteiger partial charge in [0.1, 0.15) is 0 Å². The van der Waals surface area contributed by atoms with Crippen molar-refractivity contribution < 1.29 is 8.42 Å². The minimum atomic E-state index is -3.21. The topological polar surface area (TPSA) is 46.2 Å². The number of sulfone groups is 1. The molecule has 0 fully saturated rings. The zero-order valence-corrected chi connectivity index (χ0v) is 13.5. The summed E-state index contributed by atoms with van der Waals surface area (Å²) < 4.78 is 25.1. The molecule has 0 spiro atoms. The molecule has 104 valence electrons. The van der Waals surface area contributed by atoms with E-state index in [4.69, 9.17) is 11.6 Å². The molecule has 0 bridgehead atoms. The van der Waals surface area contributed by atoms with Crippen molar-refractivity contribution in [2.45, 2.75) is 10.9 Å². The van der Waals surface area contributed by atoms with Crippen LogP contribution in [-0.4, -0.2) is 14.2 Å². The minimum Gasteiger partial charge on any atom is -0.376 e. The molecule has 0 aliphatic carbocycles. The predicted molar refractivity (Wildman–Crippen MR) is 84.0 cm³/mol. The van der Waals surface area contributed by atoms with Crippen molar-refractivity contribution in [2.24, 2.45) is 0 Å². The van der Waals surface area contributed by atoms with Crippen molar-refractivity contribution >= 4 is 43.1 Å². The summed E-state index contributed by atoms with van der Waals surface area (Å²) in [7, 11) is -3.21. The fourth-order valence-corrected chi connectivity index (χ4v) is 4.83. The number of nitrogens with one attached hydrogen (secondary N) is 1. The zero-order chi connectivity index (χ0) is 14.3. The van der Waals surface area contributed by atoms with Crippen molar-refractivity contribution in [3.63, 3.8) is 0 Å². The molecule has 0 radical (unpaired) electrons. The average Bonchev–Trinajstić information content (AvgIpc) is 2.65. The van der Waals surface area contributed by atoms with E-state index in [0.29, 0.717) is 9.92 Å². The van der Waals surface area contributed by atoms with E-state index in [-0.39, 0.29) is 11.8 Å². The highest BCUT2D eigenvalue weighted by molar-refractivity contribution is 9.10. The number of anilines is 1. The second-order valence-electron chi connectivity index (χ2n) is 4.64. The number of benzene rings is 2. The number of fused-ring (bicyclic) bond motifs is 1. The van der Waals surface area contributed by atoms with Crippen LogP contribution in [0.25, 0.3) is 0 Å². The molecule has 1 heterocycles. The molecule has 1 aliphatic rings. The minimum absolute atomic E-state index is 0.0543. The van der Waals surface area contributed by atoms with Gasteiger partial charge in [-0.15, -0.1) is 0 Å². The van der Waals surface area contributed by atoms with Gasteiger partial charge in [-0.05, 0) is 29.8 Å². The van der Waals surface area contributed by atoms with Gasteiger partial charge in [-0.3, -0.25) is 0 Å². The molecule has 0 amide bonds. The summed E-state index contributed by atoms with van der Waals surface area (Å²) in [4.78, 5) is 0.408. The van der Waals surface area contributed by atoms with Gasteiger partial charge in [0.25, 0.3) is 0 Å². The summed E-state index contributed by atoms with van der Waals surface area (Å²) in [6, 6.07) is 12.3. The molecule has 1 unspecified atom stereocenters. The van der Waals surface area contributed by atoms with Crippen molar-refractivity contribution in [3.05, 3.63) is 57.5 Å². The van der Waals surface area contributed by atoms with E-state index >= 15 is 0 Å². The monoisotopic (exact) mass is 371 g/mol. The van der Waals surface area contributed by atoms with E-state index in [1.54, 1.807) is 18.2 Å². The molecule has 3 rings (SSSR count). The second kappa shape index (κ2) is 5.06. The van der Waals surface area contributed by atoms with Crippen LogP contribution in [0.4, 0.5) is 5.69 Å². The standard InChI is InChI=1S/C14H11BrClNO2S/c15-9-5-6-12(11(16)7-9)17-13-8-20(18,19)14-4-2-1-3-10(13)14/h1-7,13,17H,8H2. The lowest BCUT2D eigenvalue weighted by atomic mass is 10.1. The molecule has 20 heavy (non-hydrogen) atoms. The molecule has 1 aliphatic heterocycles. The predicted octanol–water partition coefficient (Wildman–Crippen LogP) is 4.04. The zero-order valence-electron chi connectivity index (χ0n) is 10.3. The maximum absolute atomic E-state index is 12.1. The largest absolute Gasteiger partial charge is 0.376 e. The summed E-state index contributed by atoms with van der Waals surface area (Å²) >= 11 is 9.51. The Balaban J connectivity index is 1.97. The molecule has 1 N–H and O–H groups in total. The maximum atomic E-state index is 12.1. The summed E-state index contributed by atoms with van der Waals surface area (Å²) in [5.74, 6) is 0.0543. The van der Waals surface area contributed by atoms with Crippen molar-refractivity contribution in [3.8, 4) is 0 Å². The summed E-state index contributed by atoms with van der Waals surface area (Å²) in [5, 5.41) is 3.77. The molecule has 3 nitrogen and oxygen atoms in total. The van der Waals surface area contributed by atoms with Gasteiger partial charge in [-0.25, -0.2) is 8.42 Å². The SMILES string of the molecule is O=S1(=O)CC(Nc2ccc(Br)cc2Cl)c2ccccc21. The number of hydrogen-bond acceptors (Lipinski definition) is 3. The van der Waals surface area contributed by atoms with Crippen LogP contribution in [0.2, 0.25) is 5.02 Å². The van der Waals surface area contributed by atoms with E-state index in [1.807, 2.05) is 24.3 Å². The van der Waals surface area contributed by atoms with Gasteiger partial charge in [-0.1, -0.05) is 45.7 Å². The first-order valence-corrected chi connectivity index (χ1v) is 8.83. The Hall–Kier alpha value is -1.04. The van der Waals surface area contributed by atoms with E-state index in [2.05, 4.69) is 21.2 Å². The van der Waals surface area contributed by atoms with Crippen molar-refractivity contribution in [1.29, 1.82) is 0 Å². The van der Waals surface area contributed by atoms with Gasteiger partial charge < -0.3 is 5.32 Å². The molecule has 2 aromatic rings. The van der Waals surface area contributed by atoms with E-state index in [0.717, 1.165) is 15.7 Å². The highest BCUT2D eigenvalue weighted by Gasteiger charge is 2.34. The van der Waals surface area contributed by atoms with Gasteiger partial charge in [0.2, 0.25) is 0 Å². The normalized spacial score (nSPS) is 19.6. The first kappa shape index (κ1) is 13.9. The highest BCUT2D eigenvalue weighted by Crippen LogP contribution is 2.37. The second-order valence-corrected chi connectivity index (χ2v) is 7.97. The Morgan fingerprint density at radius 3 is 2.70 bits per heavy atom. The van der Waals surface area contributed by atoms with Crippen LogP contribution in [-0.2, 0) is 9.84 Å². The van der Waals surface area contributed by atoms with Gasteiger partial charge in [0, 0.05) is 4.47 Å². The smallest absolute Gasteiger partial charge is 0.181 e. The molecular weight excluding hydrogens is 362 g/mol. The lowest BCUT2D eigenvalue weighted by molar-refractivity contribution is 0.598. The summed E-state index contributed by atoms with van der Waals surface area (Å²) in [6.45, 7) is 0. The fraction of sp³-hybridized carbons (Fsp3) is 0.143. The van der Waals surface area contributed by atoms with Crippen LogP contribution in [0.15, 0.2) is 51.8 Å². The summed E-state index contributed by atoms with van der Waals surface area (Å²) in [6.07, 6.45) is 0. The molecule has 0 aromatic heterocycles. The third-order valence-electron chi connectivity index (χ3n) is 3.28. The molecule has 0 saturated heterocycles. The first-order chi connectivity index (χ1) is 9.47. The Kier molecular flexibility index (Phi) is 3.52. The van der Waals surface area contributed by atoms with E-state index < -0.39 is 9.84 Å². The third kappa shape index (κ3) is 2.45. The van der Waals surface area contributed by atoms with Crippen molar-refractivity contribution in [2.75, 3.05) is 11.1 Å². The lowest BCUT2D eigenvalue weighted by Crippen LogP contribution is -2.13. The van der Waals surface area contributed by atoms with Gasteiger partial charge in [0.15, 0.2) is 9.84 Å². The van der Waals surface area contributed by atoms with Crippen LogP contribution >= 0.6 is 27.5 Å². The number of hydrogen-bond donors (Lipinski definition) is 1. The van der Waals surface area contributed by atoms with Crippen LogP contribution < -0.4 is 5.32 Å². The van der Waals surface area contributed by atoms with Crippen molar-refractivity contribution in [1.82, 2.24) is 0 Å². The number of halogens is 2.